The summed E-state index contributed by atoms with van der Waals surface area (Å²) < 4.78 is 1.91. The van der Waals surface area contributed by atoms with Gasteiger partial charge in [0.2, 0.25) is 0 Å². The Morgan fingerprint density at radius 1 is 1.60 bits per heavy atom. The van der Waals surface area contributed by atoms with E-state index in [-0.39, 0.29) is 0 Å². The second kappa shape index (κ2) is 4.99. The van der Waals surface area contributed by atoms with Gasteiger partial charge in [0.1, 0.15) is 11.0 Å². The largest absolute Gasteiger partial charge is 0.321 e. The average Bonchev–Trinajstić information content (AvgIpc) is 2.46. The molecular weight excluding hydrogens is 210 g/mol. The first-order valence-electron chi connectivity index (χ1n) is 5.64. The minimum Gasteiger partial charge on any atom is -0.321 e. The van der Waals surface area contributed by atoms with E-state index in [2.05, 4.69) is 10.3 Å². The molecule has 15 heavy (non-hydrogen) atoms. The van der Waals surface area contributed by atoms with Crippen LogP contribution in [0.5, 0.6) is 0 Å². The van der Waals surface area contributed by atoms with E-state index in [1.165, 1.54) is 25.7 Å². The van der Waals surface area contributed by atoms with Crippen LogP contribution in [0.25, 0.3) is 0 Å². The highest BCUT2D eigenvalue weighted by Gasteiger charge is 2.16. The molecule has 1 aromatic rings. The maximum absolute atomic E-state index is 5.90. The lowest BCUT2D eigenvalue weighted by molar-refractivity contribution is 0.291. The molecular formula is C11H18ClN3. The van der Waals surface area contributed by atoms with Crippen molar-refractivity contribution >= 4 is 11.6 Å². The smallest absolute Gasteiger partial charge is 0.128 e. The van der Waals surface area contributed by atoms with Crippen LogP contribution < -0.4 is 5.32 Å². The molecule has 0 amide bonds. The van der Waals surface area contributed by atoms with Crippen LogP contribution in [0.15, 0.2) is 6.20 Å². The molecule has 1 aliphatic carbocycles. The lowest BCUT2D eigenvalue weighted by Crippen LogP contribution is -2.22. The second-order valence-electron chi connectivity index (χ2n) is 4.32. The molecule has 0 aliphatic heterocycles. The van der Waals surface area contributed by atoms with Gasteiger partial charge < -0.3 is 9.88 Å². The molecule has 1 saturated carbocycles. The van der Waals surface area contributed by atoms with Crippen molar-refractivity contribution in [3.8, 4) is 0 Å². The van der Waals surface area contributed by atoms with Crippen molar-refractivity contribution in [2.24, 2.45) is 13.0 Å². The van der Waals surface area contributed by atoms with Crippen LogP contribution in [-0.4, -0.2) is 16.1 Å². The van der Waals surface area contributed by atoms with E-state index in [9.17, 15) is 0 Å². The van der Waals surface area contributed by atoms with Gasteiger partial charge in [0, 0.05) is 7.05 Å². The van der Waals surface area contributed by atoms with Crippen molar-refractivity contribution in [3.05, 3.63) is 17.2 Å². The van der Waals surface area contributed by atoms with E-state index in [1.54, 1.807) is 6.20 Å². The Morgan fingerprint density at radius 2 is 2.40 bits per heavy atom. The van der Waals surface area contributed by atoms with Gasteiger partial charge in [-0.05, 0) is 18.9 Å². The van der Waals surface area contributed by atoms with E-state index in [0.717, 1.165) is 24.8 Å². The molecule has 1 fully saturated rings. The van der Waals surface area contributed by atoms with E-state index >= 15 is 0 Å². The van der Waals surface area contributed by atoms with Gasteiger partial charge in [0.05, 0.1) is 12.7 Å². The zero-order valence-electron chi connectivity index (χ0n) is 9.17. The number of imidazole rings is 1. The molecule has 1 N–H and O–H groups in total. The van der Waals surface area contributed by atoms with Crippen LogP contribution in [0.3, 0.4) is 0 Å². The summed E-state index contributed by atoms with van der Waals surface area (Å²) in [7, 11) is 1.94. The molecule has 2 rings (SSSR count). The molecule has 4 heteroatoms. The minimum absolute atomic E-state index is 0.700. The van der Waals surface area contributed by atoms with Gasteiger partial charge >= 0.3 is 0 Å². The van der Waals surface area contributed by atoms with E-state index < -0.39 is 0 Å². The van der Waals surface area contributed by atoms with Crippen LogP contribution in [-0.2, 0) is 13.6 Å². The molecule has 1 aromatic heterocycles. The standard InChI is InChI=1S/C11H18ClN3/c1-15-10(12)7-14-11(15)8-13-6-5-9-3-2-4-9/h7,9,13H,2-6,8H2,1H3. The van der Waals surface area contributed by atoms with E-state index in [4.69, 9.17) is 11.6 Å². The fraction of sp³-hybridized carbons (Fsp3) is 0.727. The molecule has 1 heterocycles. The summed E-state index contributed by atoms with van der Waals surface area (Å²) in [4.78, 5) is 4.23. The third-order valence-corrected chi connectivity index (χ3v) is 3.62. The molecule has 0 saturated heterocycles. The SMILES string of the molecule is Cn1c(Cl)cnc1CNCCC1CCC1. The molecule has 3 nitrogen and oxygen atoms in total. The Kier molecular flexibility index (Phi) is 3.65. The van der Waals surface area contributed by atoms with Gasteiger partial charge in [-0.15, -0.1) is 0 Å². The fourth-order valence-electron chi connectivity index (χ4n) is 1.88. The van der Waals surface area contributed by atoms with Crippen molar-refractivity contribution < 1.29 is 0 Å². The molecule has 0 bridgehead atoms. The molecule has 0 aromatic carbocycles. The van der Waals surface area contributed by atoms with Crippen molar-refractivity contribution in [1.29, 1.82) is 0 Å². The summed E-state index contributed by atoms with van der Waals surface area (Å²) in [5.41, 5.74) is 0. The molecule has 0 unspecified atom stereocenters. The fourth-order valence-corrected chi connectivity index (χ4v) is 2.02. The van der Waals surface area contributed by atoms with Gasteiger partial charge in [-0.3, -0.25) is 0 Å². The first-order chi connectivity index (χ1) is 7.27. The monoisotopic (exact) mass is 227 g/mol. The summed E-state index contributed by atoms with van der Waals surface area (Å²) in [5, 5.41) is 4.11. The van der Waals surface area contributed by atoms with Gasteiger partial charge in [0.25, 0.3) is 0 Å². The summed E-state index contributed by atoms with van der Waals surface area (Å²) in [6.07, 6.45) is 7.29. The zero-order chi connectivity index (χ0) is 10.7. The van der Waals surface area contributed by atoms with Crippen LogP contribution in [0.4, 0.5) is 0 Å². The van der Waals surface area contributed by atoms with Gasteiger partial charge in [0.15, 0.2) is 0 Å². The molecule has 0 spiro atoms. The number of aromatic nitrogens is 2. The number of nitrogens with one attached hydrogen (secondary N) is 1. The maximum Gasteiger partial charge on any atom is 0.128 e. The molecule has 84 valence electrons. The highest BCUT2D eigenvalue weighted by Crippen LogP contribution is 2.28. The van der Waals surface area contributed by atoms with Gasteiger partial charge in [-0.25, -0.2) is 4.98 Å². The number of halogens is 1. The van der Waals surface area contributed by atoms with E-state index in [1.807, 2.05) is 11.6 Å². The summed E-state index contributed by atoms with van der Waals surface area (Å²) >= 11 is 5.90. The van der Waals surface area contributed by atoms with Gasteiger partial charge in [-0.1, -0.05) is 30.9 Å². The third kappa shape index (κ3) is 2.73. The molecule has 0 radical (unpaired) electrons. The van der Waals surface area contributed by atoms with E-state index in [0.29, 0.717) is 5.15 Å². The van der Waals surface area contributed by atoms with Crippen LogP contribution in [0, 0.1) is 5.92 Å². The second-order valence-corrected chi connectivity index (χ2v) is 4.71. The van der Waals surface area contributed by atoms with Crippen LogP contribution in [0.1, 0.15) is 31.5 Å². The Bertz CT molecular complexity index is 318. The normalized spacial score (nSPS) is 16.7. The Balaban J connectivity index is 1.66. The average molecular weight is 228 g/mol. The first kappa shape index (κ1) is 11.0. The summed E-state index contributed by atoms with van der Waals surface area (Å²) in [6, 6.07) is 0. The molecule has 0 atom stereocenters. The highest BCUT2D eigenvalue weighted by molar-refractivity contribution is 6.29. The van der Waals surface area contributed by atoms with Crippen LogP contribution >= 0.6 is 11.6 Å². The van der Waals surface area contributed by atoms with Crippen molar-refractivity contribution in [2.45, 2.75) is 32.2 Å². The minimum atomic E-state index is 0.700. The predicted molar refractivity (Wildman–Crippen MR) is 61.9 cm³/mol. The van der Waals surface area contributed by atoms with Crippen molar-refractivity contribution in [1.82, 2.24) is 14.9 Å². The first-order valence-corrected chi connectivity index (χ1v) is 6.02. The van der Waals surface area contributed by atoms with Gasteiger partial charge in [-0.2, -0.15) is 0 Å². The van der Waals surface area contributed by atoms with Crippen molar-refractivity contribution in [3.63, 3.8) is 0 Å². The third-order valence-electron chi connectivity index (χ3n) is 3.26. The quantitative estimate of drug-likeness (QED) is 0.783. The Morgan fingerprint density at radius 3 is 2.93 bits per heavy atom. The number of rotatable bonds is 5. The predicted octanol–water partition coefficient (Wildman–Crippen LogP) is 2.35. The van der Waals surface area contributed by atoms with Crippen molar-refractivity contribution in [2.75, 3.05) is 6.54 Å². The lowest BCUT2D eigenvalue weighted by atomic mass is 9.83. The Hall–Kier alpha value is -0.540. The molecule has 1 aliphatic rings. The topological polar surface area (TPSA) is 29.9 Å². The number of nitrogens with zero attached hydrogens (tertiary/aromatic N) is 2. The number of hydrogen-bond donors (Lipinski definition) is 1. The lowest BCUT2D eigenvalue weighted by Gasteiger charge is -2.25. The summed E-state index contributed by atoms with van der Waals surface area (Å²) in [6.45, 7) is 1.91. The maximum atomic E-state index is 5.90. The summed E-state index contributed by atoms with van der Waals surface area (Å²) in [5.74, 6) is 1.98. The highest BCUT2D eigenvalue weighted by atomic mass is 35.5. The number of hydrogen-bond acceptors (Lipinski definition) is 2. The van der Waals surface area contributed by atoms with Crippen LogP contribution in [0.2, 0.25) is 5.15 Å². The Labute approximate surface area is 95.8 Å². The zero-order valence-corrected chi connectivity index (χ0v) is 9.93.